The predicted octanol–water partition coefficient (Wildman–Crippen LogP) is 1.20. The highest BCUT2D eigenvalue weighted by Gasteiger charge is 2.35. The van der Waals surface area contributed by atoms with Crippen LogP contribution in [-0.2, 0) is 9.53 Å². The average molecular weight is 208 g/mol. The third-order valence-electron chi connectivity index (χ3n) is 1.80. The maximum absolute atomic E-state index is 10.4. The minimum Gasteiger partial charge on any atom is -0.481 e. The van der Waals surface area contributed by atoms with Crippen LogP contribution in [-0.4, -0.2) is 27.9 Å². The van der Waals surface area contributed by atoms with Crippen LogP contribution in [0, 0.1) is 0 Å². The van der Waals surface area contributed by atoms with Crippen LogP contribution in [0.2, 0.25) is 0 Å². The van der Waals surface area contributed by atoms with E-state index >= 15 is 0 Å². The average Bonchev–Trinajstić information content (AvgIpc) is 1.82. The fourth-order valence-corrected chi connectivity index (χ4v) is 2.26. The van der Waals surface area contributed by atoms with Crippen molar-refractivity contribution in [3.63, 3.8) is 0 Å². The molecule has 3 nitrogen and oxygen atoms in total. The molecule has 1 aliphatic rings. The summed E-state index contributed by atoms with van der Waals surface area (Å²) in [5, 5.41) is 8.77. The Labute approximate surface area is 82.3 Å². The van der Waals surface area contributed by atoms with Gasteiger partial charge in [0.2, 0.25) is 0 Å². The summed E-state index contributed by atoms with van der Waals surface area (Å²) in [6.45, 7) is 0.547. The molecule has 5 heteroatoms. The van der Waals surface area contributed by atoms with Crippen molar-refractivity contribution in [1.82, 2.24) is 0 Å². The molecule has 70 valence electrons. The van der Waals surface area contributed by atoms with E-state index in [9.17, 15) is 4.79 Å². The van der Waals surface area contributed by atoms with E-state index in [0.29, 0.717) is 13.0 Å². The highest BCUT2D eigenvalue weighted by atomic mass is 32.1. The summed E-state index contributed by atoms with van der Waals surface area (Å²) in [4.78, 5) is 9.62. The van der Waals surface area contributed by atoms with Gasteiger partial charge in [0.05, 0.1) is 6.42 Å². The molecular formula is C7H12O3S2. The van der Waals surface area contributed by atoms with Gasteiger partial charge in [0.1, 0.15) is 4.93 Å². The molecule has 0 bridgehead atoms. The second-order valence-corrected chi connectivity index (χ2v) is 4.56. The summed E-state index contributed by atoms with van der Waals surface area (Å²) >= 11 is 8.47. The van der Waals surface area contributed by atoms with Crippen molar-refractivity contribution in [3.8, 4) is 0 Å². The van der Waals surface area contributed by atoms with Crippen molar-refractivity contribution in [2.45, 2.75) is 29.4 Å². The molecule has 1 fully saturated rings. The van der Waals surface area contributed by atoms with Gasteiger partial charge in [0.25, 0.3) is 0 Å². The fourth-order valence-electron chi connectivity index (χ4n) is 1.27. The van der Waals surface area contributed by atoms with Gasteiger partial charge in [-0.3, -0.25) is 4.79 Å². The Hall–Kier alpha value is 0.130. The molecule has 0 aromatic rings. The SMILES string of the molecule is O=C(O)CC1(S)CC(S)CCO1. The molecule has 0 aliphatic carbocycles. The van der Waals surface area contributed by atoms with Gasteiger partial charge in [0, 0.05) is 11.9 Å². The first-order valence-corrected chi connectivity index (χ1v) is 4.74. The van der Waals surface area contributed by atoms with Crippen LogP contribution in [0.4, 0.5) is 0 Å². The van der Waals surface area contributed by atoms with Gasteiger partial charge in [-0.05, 0) is 12.8 Å². The largest absolute Gasteiger partial charge is 0.481 e. The molecule has 0 aromatic heterocycles. The Morgan fingerprint density at radius 1 is 1.75 bits per heavy atom. The van der Waals surface area contributed by atoms with E-state index in [1.165, 1.54) is 0 Å². The zero-order chi connectivity index (χ0) is 9.19. The number of hydrogen-bond donors (Lipinski definition) is 3. The Balaban J connectivity index is 2.51. The normalized spacial score (nSPS) is 36.3. The number of aliphatic carboxylic acids is 1. The Morgan fingerprint density at radius 3 is 2.92 bits per heavy atom. The molecule has 2 unspecified atom stereocenters. The summed E-state index contributed by atoms with van der Waals surface area (Å²) in [6, 6.07) is 0. The van der Waals surface area contributed by atoms with Crippen LogP contribution in [0.3, 0.4) is 0 Å². The van der Waals surface area contributed by atoms with Crippen molar-refractivity contribution < 1.29 is 14.6 Å². The van der Waals surface area contributed by atoms with Gasteiger partial charge < -0.3 is 9.84 Å². The quantitative estimate of drug-likeness (QED) is 0.597. The van der Waals surface area contributed by atoms with Crippen LogP contribution < -0.4 is 0 Å². The van der Waals surface area contributed by atoms with E-state index in [4.69, 9.17) is 9.84 Å². The lowest BCUT2D eigenvalue weighted by molar-refractivity contribution is -0.142. The van der Waals surface area contributed by atoms with E-state index < -0.39 is 10.9 Å². The zero-order valence-electron chi connectivity index (χ0n) is 6.56. The molecule has 1 aliphatic heterocycles. The Morgan fingerprint density at radius 2 is 2.42 bits per heavy atom. The van der Waals surface area contributed by atoms with Crippen molar-refractivity contribution in [2.75, 3.05) is 6.61 Å². The molecule has 0 spiro atoms. The van der Waals surface area contributed by atoms with E-state index in [2.05, 4.69) is 25.3 Å². The zero-order valence-corrected chi connectivity index (χ0v) is 8.35. The molecule has 0 amide bonds. The summed E-state index contributed by atoms with van der Waals surface area (Å²) in [5.74, 6) is -0.882. The van der Waals surface area contributed by atoms with E-state index in [1.54, 1.807) is 0 Å². The number of ether oxygens (including phenoxy) is 1. The highest BCUT2D eigenvalue weighted by molar-refractivity contribution is 7.82. The lowest BCUT2D eigenvalue weighted by Crippen LogP contribution is -2.37. The maximum atomic E-state index is 10.4. The first-order valence-electron chi connectivity index (χ1n) is 3.78. The van der Waals surface area contributed by atoms with Gasteiger partial charge in [-0.15, -0.1) is 12.6 Å². The predicted molar refractivity (Wildman–Crippen MR) is 51.9 cm³/mol. The second kappa shape index (κ2) is 3.89. The number of thiol groups is 2. The number of carboxylic acids is 1. The van der Waals surface area contributed by atoms with Crippen LogP contribution in [0.15, 0.2) is 0 Å². The minimum absolute atomic E-state index is 0.0623. The summed E-state index contributed by atoms with van der Waals surface area (Å²) < 4.78 is 5.28. The molecule has 1 N–H and O–H groups in total. The lowest BCUT2D eigenvalue weighted by atomic mass is 10.1. The van der Waals surface area contributed by atoms with Crippen molar-refractivity contribution in [2.24, 2.45) is 0 Å². The molecule has 0 radical (unpaired) electrons. The first kappa shape index (κ1) is 10.2. The van der Waals surface area contributed by atoms with Crippen LogP contribution in [0.1, 0.15) is 19.3 Å². The van der Waals surface area contributed by atoms with Crippen LogP contribution in [0.25, 0.3) is 0 Å². The van der Waals surface area contributed by atoms with Gasteiger partial charge in [-0.1, -0.05) is 0 Å². The van der Waals surface area contributed by atoms with Crippen molar-refractivity contribution >= 4 is 31.2 Å². The van der Waals surface area contributed by atoms with Crippen molar-refractivity contribution in [3.05, 3.63) is 0 Å². The second-order valence-electron chi connectivity index (χ2n) is 3.01. The maximum Gasteiger partial charge on any atom is 0.307 e. The van der Waals surface area contributed by atoms with Gasteiger partial charge in [-0.25, -0.2) is 0 Å². The minimum atomic E-state index is -0.882. The summed E-state index contributed by atoms with van der Waals surface area (Å²) in [6.07, 6.45) is 1.39. The van der Waals surface area contributed by atoms with E-state index in [0.717, 1.165) is 6.42 Å². The molecular weight excluding hydrogens is 196 g/mol. The van der Waals surface area contributed by atoms with E-state index in [-0.39, 0.29) is 11.7 Å². The lowest BCUT2D eigenvalue weighted by Gasteiger charge is -2.34. The number of carbonyl (C=O) groups is 1. The summed E-state index contributed by atoms with van der Waals surface area (Å²) in [7, 11) is 0. The topological polar surface area (TPSA) is 46.5 Å². The monoisotopic (exact) mass is 208 g/mol. The molecule has 1 saturated heterocycles. The molecule has 1 rings (SSSR count). The van der Waals surface area contributed by atoms with Gasteiger partial charge in [0.15, 0.2) is 0 Å². The molecule has 0 aromatic carbocycles. The highest BCUT2D eigenvalue weighted by Crippen LogP contribution is 2.33. The smallest absolute Gasteiger partial charge is 0.307 e. The number of rotatable bonds is 2. The summed E-state index contributed by atoms with van der Waals surface area (Å²) in [5.41, 5.74) is 0. The third-order valence-corrected chi connectivity index (χ3v) is 2.71. The molecule has 2 atom stereocenters. The Kier molecular flexibility index (Phi) is 3.31. The molecule has 1 heterocycles. The standard InChI is InChI=1S/C7H12O3S2/c8-6(9)4-7(12)3-5(11)1-2-10-7/h5,11-12H,1-4H2,(H,8,9). The van der Waals surface area contributed by atoms with Crippen LogP contribution >= 0.6 is 25.3 Å². The number of hydrogen-bond acceptors (Lipinski definition) is 4. The molecule has 0 saturated carbocycles. The van der Waals surface area contributed by atoms with Gasteiger partial charge >= 0.3 is 5.97 Å². The van der Waals surface area contributed by atoms with E-state index in [1.807, 2.05) is 0 Å². The van der Waals surface area contributed by atoms with Crippen LogP contribution in [0.5, 0.6) is 0 Å². The third kappa shape index (κ3) is 2.88. The fraction of sp³-hybridized carbons (Fsp3) is 0.857. The first-order chi connectivity index (χ1) is 5.52. The Bertz CT molecular complexity index is 185. The van der Waals surface area contributed by atoms with Crippen molar-refractivity contribution in [1.29, 1.82) is 0 Å². The molecule has 12 heavy (non-hydrogen) atoms. The van der Waals surface area contributed by atoms with Gasteiger partial charge in [-0.2, -0.15) is 12.6 Å². The number of carboxylic acid groups (broad SMARTS) is 1.